The number of carbonyl (C=O) groups is 2. The van der Waals surface area contributed by atoms with Crippen LogP contribution in [0.2, 0.25) is 0 Å². The Kier molecular flexibility index (Phi) is 5.45. The fourth-order valence-corrected chi connectivity index (χ4v) is 3.50. The number of likely N-dealkylation sites (tertiary alicyclic amines) is 1. The molecule has 0 radical (unpaired) electrons. The van der Waals surface area contributed by atoms with Gasteiger partial charge in [-0.3, -0.25) is 9.59 Å². The van der Waals surface area contributed by atoms with E-state index in [1.54, 1.807) is 4.90 Å². The Morgan fingerprint density at radius 3 is 2.39 bits per heavy atom. The lowest BCUT2D eigenvalue weighted by Crippen LogP contribution is -2.40. The number of carbonyl (C=O) groups excluding carboxylic acids is 1. The highest BCUT2D eigenvalue weighted by molar-refractivity contribution is 5.81. The van der Waals surface area contributed by atoms with Crippen molar-refractivity contribution in [3.8, 4) is 0 Å². The van der Waals surface area contributed by atoms with Crippen LogP contribution in [0, 0.1) is 11.3 Å². The van der Waals surface area contributed by atoms with E-state index in [1.807, 2.05) is 32.0 Å². The van der Waals surface area contributed by atoms with E-state index in [0.717, 1.165) is 6.42 Å². The topological polar surface area (TPSA) is 57.6 Å². The van der Waals surface area contributed by atoms with Gasteiger partial charge in [0.25, 0.3) is 0 Å². The van der Waals surface area contributed by atoms with E-state index in [1.165, 1.54) is 5.56 Å². The molecule has 1 aliphatic heterocycles. The van der Waals surface area contributed by atoms with Gasteiger partial charge in [-0.15, -0.1) is 0 Å². The lowest BCUT2D eigenvalue weighted by molar-refractivity contribution is -0.151. The van der Waals surface area contributed by atoms with Crippen molar-refractivity contribution < 1.29 is 14.7 Å². The summed E-state index contributed by atoms with van der Waals surface area (Å²) in [6.45, 7) is 6.84. The number of carboxylic acid groups (broad SMARTS) is 1. The number of aliphatic carboxylic acids is 1. The van der Waals surface area contributed by atoms with Crippen molar-refractivity contribution >= 4 is 11.9 Å². The summed E-state index contributed by atoms with van der Waals surface area (Å²) in [5.41, 5.74) is 0.389. The molecule has 4 nitrogen and oxygen atoms in total. The van der Waals surface area contributed by atoms with E-state index in [2.05, 4.69) is 19.1 Å². The van der Waals surface area contributed by atoms with Gasteiger partial charge in [0.15, 0.2) is 0 Å². The number of nitrogens with zero attached hydrogens (tertiary/aromatic N) is 1. The van der Waals surface area contributed by atoms with Crippen LogP contribution in [0.3, 0.4) is 0 Å². The average Bonchev–Trinajstić information content (AvgIpc) is 3.00. The maximum absolute atomic E-state index is 12.7. The number of benzene rings is 1. The van der Waals surface area contributed by atoms with E-state index < -0.39 is 11.4 Å². The predicted molar refractivity (Wildman–Crippen MR) is 90.2 cm³/mol. The number of hydrogen-bond acceptors (Lipinski definition) is 2. The van der Waals surface area contributed by atoms with Crippen molar-refractivity contribution in [3.05, 3.63) is 35.9 Å². The molecule has 23 heavy (non-hydrogen) atoms. The standard InChI is InChI=1S/C19H27NO3/c1-4-15(16-8-6-5-7-9-16)12-17(21)20-11-10-19(13-20,14(2)3)18(22)23/h5-9,14-15H,4,10-13H2,1-3H3,(H,22,23). The van der Waals surface area contributed by atoms with Crippen molar-refractivity contribution in [1.29, 1.82) is 0 Å². The molecule has 0 bridgehead atoms. The molecule has 1 aromatic carbocycles. The van der Waals surface area contributed by atoms with Gasteiger partial charge in [0.05, 0.1) is 5.41 Å². The van der Waals surface area contributed by atoms with Crippen LogP contribution in [-0.4, -0.2) is 35.0 Å². The van der Waals surface area contributed by atoms with Crippen LogP contribution < -0.4 is 0 Å². The van der Waals surface area contributed by atoms with Gasteiger partial charge in [-0.25, -0.2) is 0 Å². The first-order valence-corrected chi connectivity index (χ1v) is 8.46. The molecule has 0 saturated carbocycles. The third-order valence-electron chi connectivity index (χ3n) is 5.37. The summed E-state index contributed by atoms with van der Waals surface area (Å²) in [4.78, 5) is 26.1. The molecule has 1 N–H and O–H groups in total. The van der Waals surface area contributed by atoms with Gasteiger partial charge >= 0.3 is 5.97 Å². The molecule has 1 amide bonds. The molecule has 1 heterocycles. The van der Waals surface area contributed by atoms with Gasteiger partial charge in [0, 0.05) is 19.5 Å². The molecular weight excluding hydrogens is 290 g/mol. The van der Waals surface area contributed by atoms with Gasteiger partial charge in [-0.1, -0.05) is 51.1 Å². The Labute approximate surface area is 138 Å². The van der Waals surface area contributed by atoms with E-state index in [0.29, 0.717) is 25.9 Å². The van der Waals surface area contributed by atoms with Gasteiger partial charge < -0.3 is 10.0 Å². The Morgan fingerprint density at radius 2 is 1.91 bits per heavy atom. The highest BCUT2D eigenvalue weighted by Crippen LogP contribution is 2.39. The monoisotopic (exact) mass is 317 g/mol. The maximum Gasteiger partial charge on any atom is 0.311 e. The molecule has 4 heteroatoms. The average molecular weight is 317 g/mol. The molecule has 1 aromatic rings. The summed E-state index contributed by atoms with van der Waals surface area (Å²) in [5, 5.41) is 9.60. The largest absolute Gasteiger partial charge is 0.481 e. The van der Waals surface area contributed by atoms with Crippen LogP contribution >= 0.6 is 0 Å². The molecule has 0 aromatic heterocycles. The first-order chi connectivity index (χ1) is 10.9. The fourth-order valence-electron chi connectivity index (χ4n) is 3.50. The summed E-state index contributed by atoms with van der Waals surface area (Å²) < 4.78 is 0. The van der Waals surface area contributed by atoms with Crippen LogP contribution in [0.15, 0.2) is 30.3 Å². The quantitative estimate of drug-likeness (QED) is 0.873. The second kappa shape index (κ2) is 7.16. The molecule has 0 spiro atoms. The predicted octanol–water partition coefficient (Wildman–Crippen LogP) is 3.53. The van der Waals surface area contributed by atoms with Crippen molar-refractivity contribution in [3.63, 3.8) is 0 Å². The molecule has 0 aliphatic carbocycles. The number of hydrogen-bond donors (Lipinski definition) is 1. The van der Waals surface area contributed by atoms with Crippen molar-refractivity contribution in [1.82, 2.24) is 4.90 Å². The third-order valence-corrected chi connectivity index (χ3v) is 5.37. The Bertz CT molecular complexity index is 555. The SMILES string of the molecule is CCC(CC(=O)N1CCC(C(=O)O)(C(C)C)C1)c1ccccc1. The lowest BCUT2D eigenvalue weighted by Gasteiger charge is -2.29. The second-order valence-electron chi connectivity index (χ2n) is 6.90. The van der Waals surface area contributed by atoms with Crippen LogP contribution in [-0.2, 0) is 9.59 Å². The van der Waals surface area contributed by atoms with Crippen LogP contribution in [0.25, 0.3) is 0 Å². The molecule has 1 aliphatic rings. The van der Waals surface area contributed by atoms with E-state index in [4.69, 9.17) is 0 Å². The summed E-state index contributed by atoms with van der Waals surface area (Å²) >= 11 is 0. The van der Waals surface area contributed by atoms with Gasteiger partial charge in [-0.05, 0) is 30.2 Å². The minimum Gasteiger partial charge on any atom is -0.481 e. The van der Waals surface area contributed by atoms with Gasteiger partial charge in [0.2, 0.25) is 5.91 Å². The first-order valence-electron chi connectivity index (χ1n) is 8.46. The molecule has 126 valence electrons. The van der Waals surface area contributed by atoms with E-state index in [-0.39, 0.29) is 17.7 Å². The minimum absolute atomic E-state index is 0.0221. The summed E-state index contributed by atoms with van der Waals surface area (Å²) in [6, 6.07) is 10.1. The Balaban J connectivity index is 2.06. The Hall–Kier alpha value is -1.84. The zero-order valence-corrected chi connectivity index (χ0v) is 14.3. The molecular formula is C19H27NO3. The maximum atomic E-state index is 12.7. The third kappa shape index (κ3) is 3.57. The number of carboxylic acids is 1. The van der Waals surface area contributed by atoms with Gasteiger partial charge in [-0.2, -0.15) is 0 Å². The van der Waals surface area contributed by atoms with E-state index >= 15 is 0 Å². The van der Waals surface area contributed by atoms with Crippen molar-refractivity contribution in [2.24, 2.45) is 11.3 Å². The van der Waals surface area contributed by atoms with Crippen molar-refractivity contribution in [2.45, 2.75) is 46.0 Å². The van der Waals surface area contributed by atoms with E-state index in [9.17, 15) is 14.7 Å². The molecule has 2 rings (SSSR count). The highest BCUT2D eigenvalue weighted by Gasteiger charge is 2.48. The summed E-state index contributed by atoms with van der Waals surface area (Å²) in [6.07, 6.45) is 1.90. The lowest BCUT2D eigenvalue weighted by atomic mass is 9.76. The molecule has 1 fully saturated rings. The van der Waals surface area contributed by atoms with Crippen molar-refractivity contribution in [2.75, 3.05) is 13.1 Å². The van der Waals surface area contributed by atoms with Crippen LogP contribution in [0.4, 0.5) is 0 Å². The first kappa shape index (κ1) is 17.5. The molecule has 2 unspecified atom stereocenters. The molecule has 1 saturated heterocycles. The highest BCUT2D eigenvalue weighted by atomic mass is 16.4. The summed E-state index contributed by atoms with van der Waals surface area (Å²) in [7, 11) is 0. The van der Waals surface area contributed by atoms with Crippen LogP contribution in [0.1, 0.15) is 51.5 Å². The van der Waals surface area contributed by atoms with Crippen LogP contribution in [0.5, 0.6) is 0 Å². The zero-order chi connectivity index (χ0) is 17.0. The normalized spacial score (nSPS) is 22.3. The smallest absolute Gasteiger partial charge is 0.311 e. The summed E-state index contributed by atoms with van der Waals surface area (Å²) in [5.74, 6) is -0.487. The Morgan fingerprint density at radius 1 is 1.26 bits per heavy atom. The molecule has 2 atom stereocenters. The second-order valence-corrected chi connectivity index (χ2v) is 6.90. The number of amides is 1. The minimum atomic E-state index is -0.788. The number of rotatable bonds is 6. The van der Waals surface area contributed by atoms with Gasteiger partial charge in [0.1, 0.15) is 0 Å². The fraction of sp³-hybridized carbons (Fsp3) is 0.579. The zero-order valence-electron chi connectivity index (χ0n) is 14.3.